The summed E-state index contributed by atoms with van der Waals surface area (Å²) in [6.45, 7) is 0.949. The first-order chi connectivity index (χ1) is 17.0. The molecule has 3 fully saturated rings. The van der Waals surface area contributed by atoms with Crippen LogP contribution in [-0.2, 0) is 14.3 Å². The highest BCUT2D eigenvalue weighted by Crippen LogP contribution is 2.53. The van der Waals surface area contributed by atoms with Gasteiger partial charge in [-0.2, -0.15) is 0 Å². The van der Waals surface area contributed by atoms with Gasteiger partial charge in [-0.3, -0.25) is 9.59 Å². The van der Waals surface area contributed by atoms with E-state index in [1.165, 1.54) is 11.1 Å². The maximum Gasteiger partial charge on any atom is 0.407 e. The van der Waals surface area contributed by atoms with E-state index in [9.17, 15) is 19.5 Å². The molecule has 0 aromatic heterocycles. The number of carboxylic acid groups (broad SMARTS) is 1. The van der Waals surface area contributed by atoms with Gasteiger partial charge in [0.25, 0.3) is 0 Å². The number of rotatable bonds is 6. The van der Waals surface area contributed by atoms with Gasteiger partial charge in [-0.1, -0.05) is 55.0 Å². The van der Waals surface area contributed by atoms with Crippen molar-refractivity contribution in [3.63, 3.8) is 0 Å². The van der Waals surface area contributed by atoms with E-state index in [4.69, 9.17) is 4.74 Å². The van der Waals surface area contributed by atoms with E-state index in [0.717, 1.165) is 24.0 Å². The number of ether oxygens (including phenoxy) is 1. The van der Waals surface area contributed by atoms with Crippen LogP contribution in [0.1, 0.15) is 55.6 Å². The van der Waals surface area contributed by atoms with Gasteiger partial charge in [0.2, 0.25) is 5.91 Å². The summed E-state index contributed by atoms with van der Waals surface area (Å²) in [6, 6.07) is 16.2. The van der Waals surface area contributed by atoms with Crippen molar-refractivity contribution < 1.29 is 24.2 Å². The highest BCUT2D eigenvalue weighted by Gasteiger charge is 2.61. The van der Waals surface area contributed by atoms with Crippen molar-refractivity contribution >= 4 is 18.0 Å². The molecular weight excluding hydrogens is 444 g/mol. The Balaban J connectivity index is 1.08. The Morgan fingerprint density at radius 3 is 2.26 bits per heavy atom. The van der Waals surface area contributed by atoms with Gasteiger partial charge in [0, 0.05) is 25.0 Å². The molecule has 2 saturated carbocycles. The minimum atomic E-state index is -0.786. The van der Waals surface area contributed by atoms with Crippen molar-refractivity contribution in [1.29, 1.82) is 0 Å². The highest BCUT2D eigenvalue weighted by atomic mass is 16.5. The summed E-state index contributed by atoms with van der Waals surface area (Å²) in [6.07, 6.45) is 3.64. The Morgan fingerprint density at radius 2 is 1.63 bits per heavy atom. The zero-order valence-electron chi connectivity index (χ0n) is 19.7. The largest absolute Gasteiger partial charge is 0.481 e. The van der Waals surface area contributed by atoms with Gasteiger partial charge in [0.15, 0.2) is 0 Å². The van der Waals surface area contributed by atoms with E-state index >= 15 is 0 Å². The third-order valence-corrected chi connectivity index (χ3v) is 8.82. The smallest absolute Gasteiger partial charge is 0.407 e. The number of fused-ring (bicyclic) bond motifs is 4. The van der Waals surface area contributed by atoms with Crippen LogP contribution in [0.5, 0.6) is 0 Å². The predicted molar refractivity (Wildman–Crippen MR) is 129 cm³/mol. The Hall–Kier alpha value is -3.35. The molecule has 4 aliphatic rings. The minimum Gasteiger partial charge on any atom is -0.481 e. The molecule has 182 valence electrons. The van der Waals surface area contributed by atoms with E-state index in [-0.39, 0.29) is 31.0 Å². The average molecular weight is 475 g/mol. The second-order valence-electron chi connectivity index (χ2n) is 10.6. The fourth-order valence-corrected chi connectivity index (χ4v) is 6.69. The van der Waals surface area contributed by atoms with Gasteiger partial charge >= 0.3 is 12.1 Å². The normalized spacial score (nSPS) is 25.5. The summed E-state index contributed by atoms with van der Waals surface area (Å²) < 4.78 is 5.63. The monoisotopic (exact) mass is 474 g/mol. The maximum atomic E-state index is 13.4. The SMILES string of the molecule is O=C(NCC1(C(=O)N2CCC3(C(=O)O)CCCC23)CC1)OCC1c2ccccc2-c2ccccc21. The first-order valence-corrected chi connectivity index (χ1v) is 12.6. The number of hydrogen-bond acceptors (Lipinski definition) is 4. The number of carbonyl (C=O) groups is 3. The third kappa shape index (κ3) is 3.43. The van der Waals surface area contributed by atoms with Crippen LogP contribution in [0.2, 0.25) is 0 Å². The average Bonchev–Trinajstić information content (AvgIpc) is 3.23. The highest BCUT2D eigenvalue weighted by molar-refractivity contribution is 5.88. The lowest BCUT2D eigenvalue weighted by molar-refractivity contribution is -0.150. The lowest BCUT2D eigenvalue weighted by Crippen LogP contribution is -2.48. The summed E-state index contributed by atoms with van der Waals surface area (Å²) in [5, 5.41) is 12.7. The first-order valence-electron chi connectivity index (χ1n) is 12.6. The Morgan fingerprint density at radius 1 is 0.971 bits per heavy atom. The second kappa shape index (κ2) is 8.11. The molecule has 0 bridgehead atoms. The number of nitrogens with one attached hydrogen (secondary N) is 1. The van der Waals surface area contributed by atoms with E-state index in [1.807, 2.05) is 24.3 Å². The molecule has 2 N–H and O–H groups in total. The molecule has 1 aliphatic heterocycles. The van der Waals surface area contributed by atoms with Gasteiger partial charge in [-0.25, -0.2) is 4.79 Å². The van der Waals surface area contributed by atoms with Crippen LogP contribution in [0.4, 0.5) is 4.79 Å². The summed E-state index contributed by atoms with van der Waals surface area (Å²) in [5.74, 6) is -0.802. The van der Waals surface area contributed by atoms with E-state index in [1.54, 1.807) is 4.90 Å². The Bertz CT molecular complexity index is 1160. The van der Waals surface area contributed by atoms with Crippen LogP contribution >= 0.6 is 0 Å². The number of hydrogen-bond donors (Lipinski definition) is 2. The standard InChI is InChI=1S/C28H30N2O5/c31-24(30-15-14-28(25(32)33)11-5-10-23(28)30)27(12-13-27)17-29-26(34)35-16-22-20-8-3-1-6-18(20)19-7-2-4-9-21(19)22/h1-4,6-9,22-23H,5,10-17H2,(H,29,34)(H,32,33). The molecule has 1 saturated heterocycles. The van der Waals surface area contributed by atoms with Crippen LogP contribution < -0.4 is 5.32 Å². The molecule has 2 aromatic rings. The molecule has 2 atom stereocenters. The lowest BCUT2D eigenvalue weighted by Gasteiger charge is -2.31. The lowest BCUT2D eigenvalue weighted by atomic mass is 9.82. The quantitative estimate of drug-likeness (QED) is 0.655. The number of alkyl carbamates (subject to hydrolysis) is 1. The van der Waals surface area contributed by atoms with Crippen LogP contribution in [0.25, 0.3) is 11.1 Å². The van der Waals surface area contributed by atoms with Crippen molar-refractivity contribution in [2.45, 2.75) is 50.5 Å². The molecule has 3 aliphatic carbocycles. The topological polar surface area (TPSA) is 95.9 Å². The molecule has 2 unspecified atom stereocenters. The summed E-state index contributed by atoms with van der Waals surface area (Å²) >= 11 is 0. The summed E-state index contributed by atoms with van der Waals surface area (Å²) in [4.78, 5) is 39.8. The van der Waals surface area contributed by atoms with E-state index in [2.05, 4.69) is 29.6 Å². The van der Waals surface area contributed by atoms with Gasteiger partial charge in [-0.05, 0) is 54.4 Å². The molecular formula is C28H30N2O5. The van der Waals surface area contributed by atoms with Crippen molar-refractivity contribution in [2.24, 2.45) is 10.8 Å². The number of nitrogens with zero attached hydrogens (tertiary/aromatic N) is 1. The zero-order valence-corrected chi connectivity index (χ0v) is 19.7. The number of carbonyl (C=O) groups excluding carboxylic acids is 2. The Kier molecular flexibility index (Phi) is 5.13. The fraction of sp³-hybridized carbons (Fsp3) is 0.464. The number of likely N-dealkylation sites (tertiary alicyclic amines) is 1. The van der Waals surface area contributed by atoms with Crippen molar-refractivity contribution in [1.82, 2.24) is 10.2 Å². The van der Waals surface area contributed by atoms with E-state index < -0.39 is 22.9 Å². The van der Waals surface area contributed by atoms with Crippen molar-refractivity contribution in [3.05, 3.63) is 59.7 Å². The molecule has 35 heavy (non-hydrogen) atoms. The van der Waals surface area contributed by atoms with Crippen LogP contribution in [0.15, 0.2) is 48.5 Å². The van der Waals surface area contributed by atoms with Gasteiger partial charge < -0.3 is 20.1 Å². The van der Waals surface area contributed by atoms with Crippen LogP contribution in [0, 0.1) is 10.8 Å². The van der Waals surface area contributed by atoms with E-state index in [0.29, 0.717) is 32.2 Å². The van der Waals surface area contributed by atoms with Crippen molar-refractivity contribution in [2.75, 3.05) is 19.7 Å². The Labute approximate surface area is 204 Å². The molecule has 2 amide bonds. The summed E-state index contributed by atoms with van der Waals surface area (Å²) in [7, 11) is 0. The number of carboxylic acids is 1. The molecule has 0 radical (unpaired) electrons. The predicted octanol–water partition coefficient (Wildman–Crippen LogP) is 4.16. The van der Waals surface area contributed by atoms with Crippen LogP contribution in [0.3, 0.4) is 0 Å². The van der Waals surface area contributed by atoms with Crippen LogP contribution in [-0.4, -0.2) is 53.7 Å². The van der Waals surface area contributed by atoms with Gasteiger partial charge in [-0.15, -0.1) is 0 Å². The second-order valence-corrected chi connectivity index (χ2v) is 10.6. The number of aliphatic carboxylic acids is 1. The third-order valence-electron chi connectivity index (χ3n) is 8.82. The molecule has 6 rings (SSSR count). The molecule has 7 heteroatoms. The molecule has 2 aromatic carbocycles. The number of amides is 2. The first kappa shape index (κ1) is 22.1. The minimum absolute atomic E-state index is 0.00790. The maximum absolute atomic E-state index is 13.4. The summed E-state index contributed by atoms with van der Waals surface area (Å²) in [5.41, 5.74) is 3.25. The molecule has 0 spiro atoms. The zero-order chi connectivity index (χ0) is 24.2. The number of benzene rings is 2. The van der Waals surface area contributed by atoms with Gasteiger partial charge in [0.05, 0.1) is 10.8 Å². The fourth-order valence-electron chi connectivity index (χ4n) is 6.69. The molecule has 7 nitrogen and oxygen atoms in total. The molecule has 1 heterocycles. The van der Waals surface area contributed by atoms with Crippen molar-refractivity contribution in [3.8, 4) is 11.1 Å². The van der Waals surface area contributed by atoms with Gasteiger partial charge in [0.1, 0.15) is 6.61 Å².